The van der Waals surface area contributed by atoms with Crippen LogP contribution in [-0.4, -0.2) is 104 Å². The van der Waals surface area contributed by atoms with Crippen LogP contribution in [0.15, 0.2) is 65.7 Å². The number of fused-ring (bicyclic) bond motifs is 2. The van der Waals surface area contributed by atoms with Crippen molar-refractivity contribution in [1.29, 1.82) is 5.41 Å². The number of ether oxygens (including phenoxy) is 2. The Bertz CT molecular complexity index is 2720. The molecule has 7 rings (SSSR count). The van der Waals surface area contributed by atoms with Gasteiger partial charge in [0.05, 0.1) is 43.3 Å². The van der Waals surface area contributed by atoms with E-state index in [4.69, 9.17) is 20.6 Å². The Labute approximate surface area is 367 Å². The number of anilines is 4. The SMILES string of the molecule is COc1cc2c(cc1OCCC(=O)Nc1ccc(C(=O)Nc3ccc(C(=O)Nc4ccc(C(=O)Nc5ccc(C(=O)NCCC(=N)N)n5C)n4C)n3C)n1C)N=C[C@@H]1CCCN1C2=O. The van der Waals surface area contributed by atoms with Gasteiger partial charge in [-0.2, -0.15) is 0 Å². The maximum Gasteiger partial charge on any atom is 0.273 e. The average molecular weight is 876 g/mol. The van der Waals surface area contributed by atoms with Crippen molar-refractivity contribution >= 4 is 76.5 Å². The van der Waals surface area contributed by atoms with Crippen molar-refractivity contribution in [2.75, 3.05) is 48.1 Å². The van der Waals surface area contributed by atoms with E-state index in [9.17, 15) is 28.8 Å². The molecule has 6 amide bonds. The lowest BCUT2D eigenvalue weighted by Gasteiger charge is -2.20. The van der Waals surface area contributed by atoms with Crippen LogP contribution in [0.2, 0.25) is 0 Å². The van der Waals surface area contributed by atoms with Crippen molar-refractivity contribution < 1.29 is 38.2 Å². The molecule has 0 saturated carbocycles. The molecule has 1 atom stereocenters. The maximum atomic E-state index is 13.4. The lowest BCUT2D eigenvalue weighted by molar-refractivity contribution is -0.116. The normalized spacial score (nSPS) is 14.0. The molecular weight excluding hydrogens is 827 g/mol. The summed E-state index contributed by atoms with van der Waals surface area (Å²) in [4.78, 5) is 85.1. The first-order valence-corrected chi connectivity index (χ1v) is 20.3. The Morgan fingerprint density at radius 2 is 1.22 bits per heavy atom. The van der Waals surface area contributed by atoms with Gasteiger partial charge in [0, 0.05) is 60.0 Å². The first kappa shape index (κ1) is 44.0. The van der Waals surface area contributed by atoms with Gasteiger partial charge in [0.1, 0.15) is 46.0 Å². The van der Waals surface area contributed by atoms with Crippen molar-refractivity contribution in [2.45, 2.75) is 31.7 Å². The predicted octanol–water partition coefficient (Wildman–Crippen LogP) is 3.59. The fourth-order valence-corrected chi connectivity index (χ4v) is 7.48. The molecule has 64 heavy (non-hydrogen) atoms. The van der Waals surface area contributed by atoms with Crippen LogP contribution in [0.25, 0.3) is 0 Å². The van der Waals surface area contributed by atoms with Crippen LogP contribution in [0, 0.1) is 5.41 Å². The topological polar surface area (TPSA) is 266 Å². The molecule has 21 heteroatoms. The quantitative estimate of drug-likeness (QED) is 0.0563. The third kappa shape index (κ3) is 9.08. The second-order valence-corrected chi connectivity index (χ2v) is 15.2. The number of carbonyl (C=O) groups excluding carboxylic acids is 6. The summed E-state index contributed by atoms with van der Waals surface area (Å²) in [6.07, 6.45) is 3.76. The number of amides is 6. The molecule has 0 unspecified atom stereocenters. The fourth-order valence-electron chi connectivity index (χ4n) is 7.48. The van der Waals surface area contributed by atoms with Gasteiger partial charge in [-0.25, -0.2) is 0 Å². The minimum absolute atomic E-state index is 0.00162. The van der Waals surface area contributed by atoms with Gasteiger partial charge in [-0.3, -0.25) is 39.2 Å². The molecule has 4 aromatic heterocycles. The van der Waals surface area contributed by atoms with Crippen molar-refractivity contribution in [3.63, 3.8) is 0 Å². The lowest BCUT2D eigenvalue weighted by atomic mass is 10.1. The van der Waals surface area contributed by atoms with E-state index < -0.39 is 17.7 Å². The minimum Gasteiger partial charge on any atom is -0.493 e. The highest BCUT2D eigenvalue weighted by atomic mass is 16.5. The van der Waals surface area contributed by atoms with Crippen molar-refractivity contribution in [1.82, 2.24) is 28.5 Å². The van der Waals surface area contributed by atoms with Gasteiger partial charge in [0.15, 0.2) is 11.5 Å². The highest BCUT2D eigenvalue weighted by Crippen LogP contribution is 2.38. The molecule has 1 saturated heterocycles. The van der Waals surface area contributed by atoms with Gasteiger partial charge in [-0.05, 0) is 67.4 Å². The molecule has 21 nitrogen and oxygen atoms in total. The zero-order chi connectivity index (χ0) is 45.8. The molecule has 6 heterocycles. The Hall–Kier alpha value is -8.10. The number of nitrogens with one attached hydrogen (secondary N) is 6. The number of aromatic nitrogens is 4. The minimum atomic E-state index is -0.503. The van der Waals surface area contributed by atoms with Crippen LogP contribution in [0.5, 0.6) is 11.5 Å². The van der Waals surface area contributed by atoms with Gasteiger partial charge >= 0.3 is 0 Å². The highest BCUT2D eigenvalue weighted by molar-refractivity contribution is 6.08. The van der Waals surface area contributed by atoms with Crippen LogP contribution >= 0.6 is 0 Å². The van der Waals surface area contributed by atoms with E-state index in [0.717, 1.165) is 12.8 Å². The summed E-state index contributed by atoms with van der Waals surface area (Å²) in [5.74, 6) is -0.302. The van der Waals surface area contributed by atoms with Crippen molar-refractivity contribution in [2.24, 2.45) is 38.9 Å². The molecule has 1 fully saturated rings. The third-order valence-corrected chi connectivity index (χ3v) is 11.1. The van der Waals surface area contributed by atoms with Crippen LogP contribution in [0.1, 0.15) is 78.0 Å². The van der Waals surface area contributed by atoms with E-state index in [1.54, 1.807) is 95.1 Å². The zero-order valence-electron chi connectivity index (χ0n) is 35.9. The average Bonchev–Trinajstić information content (AvgIpc) is 4.10. The summed E-state index contributed by atoms with van der Waals surface area (Å²) in [5.41, 5.74) is 7.23. The van der Waals surface area contributed by atoms with E-state index in [0.29, 0.717) is 58.3 Å². The number of hydrogen-bond donors (Lipinski definition) is 7. The molecule has 0 spiro atoms. The van der Waals surface area contributed by atoms with E-state index in [-0.39, 0.29) is 72.7 Å². The Balaban J connectivity index is 0.910. The van der Waals surface area contributed by atoms with Crippen LogP contribution in [0.3, 0.4) is 0 Å². The molecular formula is C43H49N13O8. The number of hydrogen-bond acceptors (Lipinski definition) is 10. The monoisotopic (exact) mass is 875 g/mol. The molecule has 0 bridgehead atoms. The van der Waals surface area contributed by atoms with Crippen molar-refractivity contribution in [3.8, 4) is 11.5 Å². The third-order valence-electron chi connectivity index (χ3n) is 11.1. The maximum absolute atomic E-state index is 13.4. The largest absolute Gasteiger partial charge is 0.493 e. The number of amidine groups is 1. The smallest absolute Gasteiger partial charge is 0.273 e. The van der Waals surface area contributed by atoms with E-state index in [2.05, 4.69) is 31.6 Å². The van der Waals surface area contributed by atoms with Crippen LogP contribution < -0.4 is 41.8 Å². The summed E-state index contributed by atoms with van der Waals surface area (Å²) >= 11 is 0. The Morgan fingerprint density at radius 1 is 0.719 bits per heavy atom. The summed E-state index contributed by atoms with van der Waals surface area (Å²) in [6, 6.07) is 15.8. The van der Waals surface area contributed by atoms with Crippen LogP contribution in [0.4, 0.5) is 29.0 Å². The molecule has 2 aliphatic rings. The Kier molecular flexibility index (Phi) is 12.7. The number of nitrogens with two attached hydrogens (primary N) is 1. The molecule has 0 aliphatic carbocycles. The summed E-state index contributed by atoms with van der Waals surface area (Å²) in [5, 5.41) is 21.1. The number of carbonyl (C=O) groups is 6. The van der Waals surface area contributed by atoms with Gasteiger partial charge in [-0.15, -0.1) is 0 Å². The highest BCUT2D eigenvalue weighted by Gasteiger charge is 2.33. The summed E-state index contributed by atoms with van der Waals surface area (Å²) < 4.78 is 17.5. The summed E-state index contributed by atoms with van der Waals surface area (Å²) in [6.45, 7) is 0.872. The van der Waals surface area contributed by atoms with E-state index >= 15 is 0 Å². The van der Waals surface area contributed by atoms with Crippen molar-refractivity contribution in [3.05, 3.63) is 89.0 Å². The number of aliphatic imine (C=N–C) groups is 1. The zero-order valence-corrected chi connectivity index (χ0v) is 35.9. The van der Waals surface area contributed by atoms with Crippen LogP contribution in [-0.2, 0) is 33.0 Å². The van der Waals surface area contributed by atoms with Gasteiger partial charge < -0.3 is 65.0 Å². The molecule has 1 aromatic carbocycles. The molecule has 334 valence electrons. The summed E-state index contributed by atoms with van der Waals surface area (Å²) in [7, 11) is 7.95. The molecule has 8 N–H and O–H groups in total. The first-order chi connectivity index (χ1) is 30.6. The number of benzene rings is 1. The number of methoxy groups -OCH3 is 1. The van der Waals surface area contributed by atoms with E-state index in [1.165, 1.54) is 25.4 Å². The number of nitrogens with zero attached hydrogens (tertiary/aromatic N) is 6. The predicted molar refractivity (Wildman–Crippen MR) is 238 cm³/mol. The van der Waals surface area contributed by atoms with Gasteiger partial charge in [0.25, 0.3) is 29.5 Å². The van der Waals surface area contributed by atoms with Gasteiger partial charge in [-0.1, -0.05) is 0 Å². The Morgan fingerprint density at radius 3 is 1.72 bits per heavy atom. The van der Waals surface area contributed by atoms with Gasteiger partial charge in [0.2, 0.25) is 5.91 Å². The second kappa shape index (κ2) is 18.5. The number of rotatable bonds is 16. The first-order valence-electron chi connectivity index (χ1n) is 20.3. The standard InChI is InChI=1S/C43H49N13O8/c1-52-27(39(58)46-18-16-33(44)45)8-13-35(52)49-41(60)29-10-15-37(54(29)3)51-42(61)30-11-14-36(55(30)4)50-40(59)28-9-12-34(53(28)2)48-38(57)17-20-64-32-22-26-25(21-31(32)63-5)43(62)56-19-6-7-24(56)23-47-26/h8-15,21-24H,6-7,16-20H2,1-5H3,(H3,44,45)(H,46,58)(H,48,57)(H,49,60)(H,50,59)(H,51,61)/t24-/m0/s1. The second-order valence-electron chi connectivity index (χ2n) is 15.2. The molecule has 5 aromatic rings. The fraction of sp³-hybridized carbons (Fsp3) is 0.302. The molecule has 2 aliphatic heterocycles. The molecule has 0 radical (unpaired) electrons. The lowest BCUT2D eigenvalue weighted by Crippen LogP contribution is -2.35. The van der Waals surface area contributed by atoms with E-state index in [1.807, 2.05) is 4.90 Å².